The summed E-state index contributed by atoms with van der Waals surface area (Å²) >= 11 is 1.38. The number of hydrogen-bond acceptors (Lipinski definition) is 6. The number of alkyl halides is 3. The number of hydrogen-bond donors (Lipinski definition) is 1. The molecular weight excluding hydrogens is 501 g/mol. The fraction of sp³-hybridized carbons (Fsp3) is 0.417. The van der Waals surface area contributed by atoms with Gasteiger partial charge in [0.25, 0.3) is 0 Å². The molecule has 0 spiro atoms. The first-order chi connectivity index (χ1) is 16.5. The van der Waals surface area contributed by atoms with Crippen molar-refractivity contribution in [2.24, 2.45) is 0 Å². The van der Waals surface area contributed by atoms with E-state index in [0.29, 0.717) is 43.0 Å². The van der Waals surface area contributed by atoms with E-state index in [1.165, 1.54) is 39.9 Å². The highest BCUT2D eigenvalue weighted by atomic mass is 32.2. The summed E-state index contributed by atoms with van der Waals surface area (Å²) in [6.07, 6.45) is -3.91. The van der Waals surface area contributed by atoms with Crippen LogP contribution in [0.15, 0.2) is 48.5 Å². The lowest BCUT2D eigenvalue weighted by Gasteiger charge is -2.30. The van der Waals surface area contributed by atoms with Gasteiger partial charge < -0.3 is 14.7 Å². The predicted molar refractivity (Wildman–Crippen MR) is 131 cm³/mol. The van der Waals surface area contributed by atoms with E-state index >= 15 is 0 Å². The van der Waals surface area contributed by atoms with Crippen LogP contribution >= 0.6 is 11.3 Å². The third-order valence-corrected chi connectivity index (χ3v) is 9.18. The van der Waals surface area contributed by atoms with Crippen LogP contribution in [0.5, 0.6) is 5.75 Å². The maximum absolute atomic E-state index is 13.6. The van der Waals surface area contributed by atoms with E-state index in [1.807, 2.05) is 36.1 Å². The van der Waals surface area contributed by atoms with Gasteiger partial charge in [-0.3, -0.25) is 4.31 Å². The molecule has 0 radical (unpaired) electrons. The Morgan fingerprint density at radius 3 is 2.40 bits per heavy atom. The Labute approximate surface area is 206 Å². The highest BCUT2D eigenvalue weighted by molar-refractivity contribution is 7.93. The van der Waals surface area contributed by atoms with Crippen LogP contribution in [0, 0.1) is 6.92 Å². The number of piperidine rings is 1. The standard InChI is InChI=1S/C24H27F3N2O4S2/c1-17-21-4-2-3-5-22(21)34-23(17)29(16-18-6-8-20(9-7-18)33-24(25,26)27)35(31,32)15-14-28-12-10-19(30)11-13-28/h2-9,19,30H,10-16H2,1H3. The lowest BCUT2D eigenvalue weighted by molar-refractivity contribution is -0.274. The van der Waals surface area contributed by atoms with Gasteiger partial charge in [-0.1, -0.05) is 30.3 Å². The normalized spacial score (nSPS) is 16.0. The van der Waals surface area contributed by atoms with E-state index in [2.05, 4.69) is 4.74 Å². The maximum Gasteiger partial charge on any atom is 0.573 e. The number of nitrogens with zero attached hydrogens (tertiary/aromatic N) is 2. The van der Waals surface area contributed by atoms with E-state index in [-0.39, 0.29) is 24.2 Å². The first-order valence-electron chi connectivity index (χ1n) is 11.3. The van der Waals surface area contributed by atoms with Crippen molar-refractivity contribution in [3.8, 4) is 5.75 Å². The molecule has 2 heterocycles. The molecule has 0 atom stereocenters. The summed E-state index contributed by atoms with van der Waals surface area (Å²) < 4.78 is 71.0. The average Bonchev–Trinajstić information content (AvgIpc) is 3.13. The quantitative estimate of drug-likeness (QED) is 0.450. The lowest BCUT2D eigenvalue weighted by atomic mass is 10.1. The molecule has 0 amide bonds. The number of aliphatic hydroxyl groups excluding tert-OH is 1. The van der Waals surface area contributed by atoms with Crippen LogP contribution in [-0.2, 0) is 16.6 Å². The molecule has 190 valence electrons. The van der Waals surface area contributed by atoms with Gasteiger partial charge in [0.15, 0.2) is 0 Å². The van der Waals surface area contributed by atoms with Crippen LogP contribution in [-0.4, -0.2) is 56.3 Å². The van der Waals surface area contributed by atoms with Crippen molar-refractivity contribution in [3.05, 3.63) is 59.7 Å². The van der Waals surface area contributed by atoms with Crippen molar-refractivity contribution in [2.45, 2.75) is 38.8 Å². The molecule has 4 rings (SSSR count). The topological polar surface area (TPSA) is 70.1 Å². The van der Waals surface area contributed by atoms with Crippen LogP contribution < -0.4 is 9.04 Å². The van der Waals surface area contributed by atoms with E-state index < -0.39 is 16.4 Å². The molecule has 0 saturated carbocycles. The van der Waals surface area contributed by atoms with Gasteiger partial charge in [0.1, 0.15) is 10.8 Å². The van der Waals surface area contributed by atoms with Gasteiger partial charge in [0, 0.05) is 24.3 Å². The van der Waals surface area contributed by atoms with Gasteiger partial charge in [-0.15, -0.1) is 24.5 Å². The molecule has 3 aromatic rings. The van der Waals surface area contributed by atoms with E-state index in [4.69, 9.17) is 0 Å². The molecular formula is C24H27F3N2O4S2. The molecule has 1 N–H and O–H groups in total. The zero-order valence-corrected chi connectivity index (χ0v) is 20.8. The molecule has 0 aliphatic carbocycles. The Morgan fingerprint density at radius 1 is 1.11 bits per heavy atom. The molecule has 11 heteroatoms. The second-order valence-corrected chi connectivity index (χ2v) is 11.7. The fourth-order valence-corrected chi connectivity index (χ4v) is 7.17. The number of rotatable bonds is 8. The number of aliphatic hydroxyl groups is 1. The molecule has 2 aromatic carbocycles. The lowest BCUT2D eigenvalue weighted by Crippen LogP contribution is -2.41. The Hall–Kier alpha value is -2.34. The van der Waals surface area contributed by atoms with Gasteiger partial charge in [0.2, 0.25) is 10.0 Å². The number of benzene rings is 2. The van der Waals surface area contributed by atoms with Crippen LogP contribution in [0.2, 0.25) is 0 Å². The molecule has 1 aromatic heterocycles. The van der Waals surface area contributed by atoms with Crippen molar-refractivity contribution in [3.63, 3.8) is 0 Å². The Bertz CT molecular complexity index is 1250. The number of halogens is 3. The minimum atomic E-state index is -4.80. The van der Waals surface area contributed by atoms with E-state index in [1.54, 1.807) is 0 Å². The summed E-state index contributed by atoms with van der Waals surface area (Å²) in [5.41, 5.74) is 1.38. The summed E-state index contributed by atoms with van der Waals surface area (Å²) in [5, 5.41) is 11.3. The molecule has 1 aliphatic heterocycles. The third-order valence-electron chi connectivity index (χ3n) is 6.09. The predicted octanol–water partition coefficient (Wildman–Crippen LogP) is 4.90. The first-order valence-corrected chi connectivity index (χ1v) is 13.7. The minimum Gasteiger partial charge on any atom is -0.406 e. The average molecular weight is 529 g/mol. The molecule has 0 unspecified atom stereocenters. The van der Waals surface area contributed by atoms with Gasteiger partial charge in [-0.25, -0.2) is 8.42 Å². The summed E-state index contributed by atoms with van der Waals surface area (Å²) in [7, 11) is -3.77. The first kappa shape index (κ1) is 25.7. The van der Waals surface area contributed by atoms with Crippen LogP contribution in [0.3, 0.4) is 0 Å². The fourth-order valence-electron chi connectivity index (χ4n) is 4.16. The van der Waals surface area contributed by atoms with Crippen LogP contribution in [0.25, 0.3) is 10.1 Å². The van der Waals surface area contributed by atoms with Crippen molar-refractivity contribution < 1.29 is 31.4 Å². The van der Waals surface area contributed by atoms with Crippen molar-refractivity contribution in [1.29, 1.82) is 0 Å². The summed E-state index contributed by atoms with van der Waals surface area (Å²) in [6.45, 7) is 3.48. The third kappa shape index (κ3) is 6.46. The van der Waals surface area contributed by atoms with E-state index in [9.17, 15) is 26.7 Å². The summed E-state index contributed by atoms with van der Waals surface area (Å²) in [5.74, 6) is -0.465. The van der Waals surface area contributed by atoms with Crippen molar-refractivity contribution in [2.75, 3.05) is 29.7 Å². The van der Waals surface area contributed by atoms with Crippen LogP contribution in [0.4, 0.5) is 18.2 Å². The Kier molecular flexibility index (Phi) is 7.60. The Morgan fingerprint density at radius 2 is 1.77 bits per heavy atom. The van der Waals surface area contributed by atoms with Crippen molar-refractivity contribution >= 4 is 36.4 Å². The SMILES string of the molecule is Cc1c(N(Cc2ccc(OC(F)(F)F)cc2)S(=O)(=O)CCN2CCC(O)CC2)sc2ccccc12. The number of thiophene rings is 1. The number of anilines is 1. The summed E-state index contributed by atoms with van der Waals surface area (Å²) in [6, 6.07) is 12.9. The zero-order chi connectivity index (χ0) is 25.2. The largest absolute Gasteiger partial charge is 0.573 e. The highest BCUT2D eigenvalue weighted by Gasteiger charge is 2.31. The highest BCUT2D eigenvalue weighted by Crippen LogP contribution is 2.39. The Balaban J connectivity index is 1.61. The van der Waals surface area contributed by atoms with Crippen molar-refractivity contribution in [1.82, 2.24) is 4.90 Å². The molecule has 1 saturated heterocycles. The molecule has 0 bridgehead atoms. The van der Waals surface area contributed by atoms with Gasteiger partial charge in [-0.2, -0.15) is 0 Å². The van der Waals surface area contributed by atoms with Crippen LogP contribution in [0.1, 0.15) is 24.0 Å². The maximum atomic E-state index is 13.6. The molecule has 6 nitrogen and oxygen atoms in total. The number of ether oxygens (including phenoxy) is 1. The van der Waals surface area contributed by atoms with Gasteiger partial charge in [0.05, 0.1) is 18.4 Å². The monoisotopic (exact) mass is 528 g/mol. The number of aryl methyl sites for hydroxylation is 1. The second kappa shape index (κ2) is 10.3. The van der Waals surface area contributed by atoms with E-state index in [0.717, 1.165) is 15.6 Å². The van der Waals surface area contributed by atoms with Gasteiger partial charge in [-0.05, 0) is 54.5 Å². The molecule has 35 heavy (non-hydrogen) atoms. The number of sulfonamides is 1. The minimum absolute atomic E-state index is 0.0129. The zero-order valence-electron chi connectivity index (χ0n) is 19.2. The van der Waals surface area contributed by atoms with Gasteiger partial charge >= 0.3 is 6.36 Å². The molecule has 1 aliphatic rings. The second-order valence-electron chi connectivity index (χ2n) is 8.62. The molecule has 1 fully saturated rings. The number of fused-ring (bicyclic) bond motifs is 1. The smallest absolute Gasteiger partial charge is 0.406 e. The number of likely N-dealkylation sites (tertiary alicyclic amines) is 1. The summed E-state index contributed by atoms with van der Waals surface area (Å²) in [4.78, 5) is 2.03.